The van der Waals surface area contributed by atoms with Gasteiger partial charge in [0.05, 0.1) is 0 Å². The number of nitrogens with zero attached hydrogens (tertiary/aromatic N) is 1. The van der Waals surface area contributed by atoms with Crippen LogP contribution in [-0.4, -0.2) is 37.1 Å². The first-order valence-electron chi connectivity index (χ1n) is 6.09. The molecule has 0 bridgehead atoms. The molecule has 0 radical (unpaired) electrons. The summed E-state index contributed by atoms with van der Waals surface area (Å²) in [6.07, 6.45) is 4.12. The molecule has 0 spiro atoms. The fourth-order valence-electron chi connectivity index (χ4n) is 1.94. The molecule has 84 valence electrons. The predicted octanol–water partition coefficient (Wildman–Crippen LogP) is 2.10. The predicted molar refractivity (Wildman–Crippen MR) is 62.6 cm³/mol. The van der Waals surface area contributed by atoms with Crippen molar-refractivity contribution in [2.45, 2.75) is 52.1 Å². The van der Waals surface area contributed by atoms with E-state index in [1.807, 2.05) is 0 Å². The Morgan fingerprint density at radius 3 is 2.50 bits per heavy atom. The molecule has 2 nitrogen and oxygen atoms in total. The molecule has 1 aliphatic rings. The summed E-state index contributed by atoms with van der Waals surface area (Å²) in [4.78, 5) is 2.53. The standard InChI is InChI=1S/C12H26N2/c1-5-8-13-9-10(2)14(4)11(3)12-6-7-12/h10-13H,5-9H2,1-4H3. The van der Waals surface area contributed by atoms with Crippen molar-refractivity contribution in [3.05, 3.63) is 0 Å². The molecule has 0 aliphatic heterocycles. The largest absolute Gasteiger partial charge is 0.315 e. The Hall–Kier alpha value is -0.0800. The summed E-state index contributed by atoms with van der Waals surface area (Å²) in [5.74, 6) is 0.980. The van der Waals surface area contributed by atoms with Gasteiger partial charge in [0.2, 0.25) is 0 Å². The van der Waals surface area contributed by atoms with Gasteiger partial charge in [0.1, 0.15) is 0 Å². The molecular formula is C12H26N2. The Balaban J connectivity index is 2.17. The molecular weight excluding hydrogens is 172 g/mol. The SMILES string of the molecule is CCCNCC(C)N(C)C(C)C1CC1. The first-order valence-corrected chi connectivity index (χ1v) is 6.09. The summed E-state index contributed by atoms with van der Waals surface area (Å²) in [7, 11) is 2.27. The molecule has 1 rings (SSSR count). The van der Waals surface area contributed by atoms with E-state index in [9.17, 15) is 0 Å². The van der Waals surface area contributed by atoms with Crippen molar-refractivity contribution in [3.8, 4) is 0 Å². The maximum absolute atomic E-state index is 3.49. The molecule has 0 aromatic rings. The molecule has 1 saturated carbocycles. The van der Waals surface area contributed by atoms with Gasteiger partial charge in [-0.1, -0.05) is 6.92 Å². The zero-order chi connectivity index (χ0) is 10.6. The van der Waals surface area contributed by atoms with Crippen LogP contribution in [0.3, 0.4) is 0 Å². The van der Waals surface area contributed by atoms with E-state index in [0.717, 1.165) is 25.0 Å². The lowest BCUT2D eigenvalue weighted by Gasteiger charge is -2.31. The van der Waals surface area contributed by atoms with Crippen molar-refractivity contribution in [1.29, 1.82) is 0 Å². The zero-order valence-corrected chi connectivity index (χ0v) is 10.2. The van der Waals surface area contributed by atoms with Crippen molar-refractivity contribution >= 4 is 0 Å². The highest BCUT2D eigenvalue weighted by Crippen LogP contribution is 2.35. The average Bonchev–Trinajstić information content (AvgIpc) is 2.99. The Morgan fingerprint density at radius 2 is 2.00 bits per heavy atom. The minimum Gasteiger partial charge on any atom is -0.315 e. The summed E-state index contributed by atoms with van der Waals surface area (Å²) in [5, 5.41) is 3.49. The first kappa shape index (κ1) is 12.0. The zero-order valence-electron chi connectivity index (χ0n) is 10.2. The summed E-state index contributed by atoms with van der Waals surface area (Å²) >= 11 is 0. The third-order valence-electron chi connectivity index (χ3n) is 3.51. The molecule has 0 saturated heterocycles. The van der Waals surface area contributed by atoms with E-state index in [2.05, 4.69) is 38.0 Å². The molecule has 0 amide bonds. The van der Waals surface area contributed by atoms with E-state index in [1.54, 1.807) is 0 Å². The van der Waals surface area contributed by atoms with Gasteiger partial charge in [0.25, 0.3) is 0 Å². The van der Waals surface area contributed by atoms with E-state index in [0.29, 0.717) is 6.04 Å². The summed E-state index contributed by atoms with van der Waals surface area (Å²) in [5.41, 5.74) is 0. The number of hydrogen-bond donors (Lipinski definition) is 1. The van der Waals surface area contributed by atoms with Gasteiger partial charge < -0.3 is 5.32 Å². The van der Waals surface area contributed by atoms with Crippen LogP contribution in [0.2, 0.25) is 0 Å². The maximum atomic E-state index is 3.49. The van der Waals surface area contributed by atoms with Crippen molar-refractivity contribution in [1.82, 2.24) is 10.2 Å². The molecule has 14 heavy (non-hydrogen) atoms. The minimum atomic E-state index is 0.664. The number of rotatable bonds is 7. The lowest BCUT2D eigenvalue weighted by Crippen LogP contribution is -2.43. The average molecular weight is 198 g/mol. The molecule has 1 fully saturated rings. The van der Waals surface area contributed by atoms with Gasteiger partial charge in [0, 0.05) is 18.6 Å². The van der Waals surface area contributed by atoms with E-state index in [-0.39, 0.29) is 0 Å². The van der Waals surface area contributed by atoms with Gasteiger partial charge in [-0.05, 0) is 52.6 Å². The minimum absolute atomic E-state index is 0.664. The molecule has 2 unspecified atom stereocenters. The van der Waals surface area contributed by atoms with Gasteiger partial charge in [0.15, 0.2) is 0 Å². The van der Waals surface area contributed by atoms with E-state index in [1.165, 1.54) is 19.3 Å². The summed E-state index contributed by atoms with van der Waals surface area (Å²) in [6.45, 7) is 9.18. The third-order valence-corrected chi connectivity index (χ3v) is 3.51. The Bertz CT molecular complexity index is 154. The van der Waals surface area contributed by atoms with E-state index in [4.69, 9.17) is 0 Å². The summed E-state index contributed by atoms with van der Waals surface area (Å²) < 4.78 is 0. The smallest absolute Gasteiger partial charge is 0.0192 e. The second kappa shape index (κ2) is 5.72. The molecule has 0 aromatic carbocycles. The van der Waals surface area contributed by atoms with E-state index < -0.39 is 0 Å². The van der Waals surface area contributed by atoms with Crippen LogP contribution >= 0.6 is 0 Å². The van der Waals surface area contributed by atoms with E-state index >= 15 is 0 Å². The topological polar surface area (TPSA) is 15.3 Å². The van der Waals surface area contributed by atoms with Gasteiger partial charge in [-0.3, -0.25) is 4.90 Å². The number of likely N-dealkylation sites (N-methyl/N-ethyl adjacent to an activating group) is 1. The monoisotopic (exact) mass is 198 g/mol. The van der Waals surface area contributed by atoms with Crippen molar-refractivity contribution < 1.29 is 0 Å². The van der Waals surface area contributed by atoms with Gasteiger partial charge in [-0.25, -0.2) is 0 Å². The van der Waals surface area contributed by atoms with Crippen LogP contribution in [-0.2, 0) is 0 Å². The Kier molecular flexibility index (Phi) is 4.90. The summed E-state index contributed by atoms with van der Waals surface area (Å²) in [6, 6.07) is 1.44. The quantitative estimate of drug-likeness (QED) is 0.630. The lowest BCUT2D eigenvalue weighted by molar-refractivity contribution is 0.175. The van der Waals surface area contributed by atoms with Crippen molar-refractivity contribution in [2.24, 2.45) is 5.92 Å². The van der Waals surface area contributed by atoms with Crippen LogP contribution in [0.4, 0.5) is 0 Å². The molecule has 0 heterocycles. The molecule has 1 N–H and O–H groups in total. The van der Waals surface area contributed by atoms with Crippen molar-refractivity contribution in [3.63, 3.8) is 0 Å². The van der Waals surface area contributed by atoms with Gasteiger partial charge in [-0.2, -0.15) is 0 Å². The van der Waals surface area contributed by atoms with Crippen LogP contribution < -0.4 is 5.32 Å². The van der Waals surface area contributed by atoms with Crippen LogP contribution in [0.15, 0.2) is 0 Å². The van der Waals surface area contributed by atoms with Gasteiger partial charge >= 0.3 is 0 Å². The number of hydrogen-bond acceptors (Lipinski definition) is 2. The first-order chi connectivity index (χ1) is 6.66. The van der Waals surface area contributed by atoms with Crippen LogP contribution in [0.1, 0.15) is 40.0 Å². The van der Waals surface area contributed by atoms with Crippen molar-refractivity contribution in [2.75, 3.05) is 20.1 Å². The maximum Gasteiger partial charge on any atom is 0.0192 e. The second-order valence-electron chi connectivity index (χ2n) is 4.80. The second-order valence-corrected chi connectivity index (χ2v) is 4.80. The Labute approximate surface area is 89.1 Å². The van der Waals surface area contributed by atoms with Crippen LogP contribution in [0.25, 0.3) is 0 Å². The van der Waals surface area contributed by atoms with Gasteiger partial charge in [-0.15, -0.1) is 0 Å². The fourth-order valence-corrected chi connectivity index (χ4v) is 1.94. The molecule has 2 heteroatoms. The van der Waals surface area contributed by atoms with Crippen LogP contribution in [0.5, 0.6) is 0 Å². The lowest BCUT2D eigenvalue weighted by atomic mass is 10.1. The highest BCUT2D eigenvalue weighted by atomic mass is 15.2. The molecule has 2 atom stereocenters. The molecule has 1 aliphatic carbocycles. The third kappa shape index (κ3) is 3.58. The fraction of sp³-hybridized carbons (Fsp3) is 1.00. The highest BCUT2D eigenvalue weighted by Gasteiger charge is 2.31. The van der Waals surface area contributed by atoms with Crippen LogP contribution in [0, 0.1) is 5.92 Å². The normalized spacial score (nSPS) is 21.2. The number of nitrogens with one attached hydrogen (secondary N) is 1. The molecule has 0 aromatic heterocycles. The Morgan fingerprint density at radius 1 is 1.36 bits per heavy atom. The highest BCUT2D eigenvalue weighted by molar-refractivity contribution is 4.86.